The Bertz CT molecular complexity index is 735. The van der Waals surface area contributed by atoms with Crippen LogP contribution >= 0.6 is 0 Å². The minimum absolute atomic E-state index is 0.0802. The van der Waals surface area contributed by atoms with Gasteiger partial charge in [-0.25, -0.2) is 0 Å². The summed E-state index contributed by atoms with van der Waals surface area (Å²) < 4.78 is 0. The molecule has 6 heteroatoms. The Labute approximate surface area is 187 Å². The van der Waals surface area contributed by atoms with Crippen molar-refractivity contribution in [2.24, 2.45) is 5.92 Å². The van der Waals surface area contributed by atoms with E-state index in [9.17, 15) is 9.59 Å². The lowest BCUT2D eigenvalue weighted by atomic mass is 9.90. The van der Waals surface area contributed by atoms with Crippen molar-refractivity contribution in [3.8, 4) is 0 Å². The van der Waals surface area contributed by atoms with E-state index in [4.69, 9.17) is 0 Å². The molecule has 170 valence electrons. The zero-order valence-electron chi connectivity index (χ0n) is 19.1. The number of carbonyl (C=O) groups is 2. The first-order valence-electron chi connectivity index (χ1n) is 12.1. The maximum absolute atomic E-state index is 13.1. The lowest BCUT2D eigenvalue weighted by Gasteiger charge is -2.41. The zero-order valence-corrected chi connectivity index (χ0v) is 19.1. The molecule has 1 N–H and O–H groups in total. The van der Waals surface area contributed by atoms with Crippen LogP contribution in [0.3, 0.4) is 0 Å². The predicted octanol–water partition coefficient (Wildman–Crippen LogP) is 2.14. The van der Waals surface area contributed by atoms with Gasteiger partial charge in [0.25, 0.3) is 0 Å². The van der Waals surface area contributed by atoms with Crippen molar-refractivity contribution >= 4 is 11.8 Å². The van der Waals surface area contributed by atoms with E-state index in [1.807, 2.05) is 6.92 Å². The van der Waals surface area contributed by atoms with E-state index in [2.05, 4.69) is 57.3 Å². The van der Waals surface area contributed by atoms with Gasteiger partial charge >= 0.3 is 0 Å². The lowest BCUT2D eigenvalue weighted by molar-refractivity contribution is -0.139. The summed E-state index contributed by atoms with van der Waals surface area (Å²) >= 11 is 0. The highest BCUT2D eigenvalue weighted by atomic mass is 16.2. The van der Waals surface area contributed by atoms with Gasteiger partial charge in [-0.2, -0.15) is 0 Å². The van der Waals surface area contributed by atoms with E-state index in [0.717, 1.165) is 71.4 Å². The molecule has 2 amide bonds. The Morgan fingerprint density at radius 1 is 0.871 bits per heavy atom. The molecule has 4 rings (SSSR count). The van der Waals surface area contributed by atoms with Crippen molar-refractivity contribution in [3.63, 3.8) is 0 Å². The van der Waals surface area contributed by atoms with Gasteiger partial charge < -0.3 is 10.2 Å². The van der Waals surface area contributed by atoms with Gasteiger partial charge in [-0.15, -0.1) is 0 Å². The first-order chi connectivity index (χ1) is 15.0. The average Bonchev–Trinajstić information content (AvgIpc) is 3.63. The molecule has 2 aliphatic heterocycles. The molecular weight excluding hydrogens is 388 g/mol. The molecular formula is C25H38N4O2. The van der Waals surface area contributed by atoms with E-state index >= 15 is 0 Å². The van der Waals surface area contributed by atoms with Gasteiger partial charge in [-0.3, -0.25) is 19.4 Å². The first-order valence-corrected chi connectivity index (χ1v) is 12.1. The van der Waals surface area contributed by atoms with Crippen LogP contribution in [0, 0.1) is 5.92 Å². The van der Waals surface area contributed by atoms with E-state index in [1.165, 1.54) is 5.56 Å². The average molecular weight is 427 g/mol. The summed E-state index contributed by atoms with van der Waals surface area (Å²) in [7, 11) is 0. The van der Waals surface area contributed by atoms with Gasteiger partial charge in [0.15, 0.2) is 0 Å². The van der Waals surface area contributed by atoms with E-state index < -0.39 is 0 Å². The molecule has 1 saturated carbocycles. The Balaban J connectivity index is 1.19. The van der Waals surface area contributed by atoms with Crippen molar-refractivity contribution in [1.29, 1.82) is 0 Å². The Morgan fingerprint density at radius 2 is 1.45 bits per heavy atom. The van der Waals surface area contributed by atoms with E-state index in [1.54, 1.807) is 0 Å². The van der Waals surface area contributed by atoms with Crippen LogP contribution in [0.4, 0.5) is 0 Å². The molecule has 2 unspecified atom stereocenters. The molecule has 3 fully saturated rings. The van der Waals surface area contributed by atoms with Crippen LogP contribution in [-0.2, 0) is 16.0 Å². The molecule has 1 aromatic carbocycles. The van der Waals surface area contributed by atoms with Gasteiger partial charge in [0.1, 0.15) is 0 Å². The standard InChI is InChI=1S/C25H38N4O2/c1-19(24(30)26-23-8-9-23)27-14-16-28(17-15-27)20(2)25(31)29-12-10-22(11-13-29)18-21-6-4-3-5-7-21/h3-7,19-20,22-23H,8-18H2,1-2H3,(H,26,30). The molecule has 2 heterocycles. The minimum atomic E-state index is -0.0857. The number of hydrogen-bond acceptors (Lipinski definition) is 4. The maximum Gasteiger partial charge on any atom is 0.239 e. The summed E-state index contributed by atoms with van der Waals surface area (Å²) in [6.45, 7) is 9.18. The van der Waals surface area contributed by atoms with Crippen LogP contribution in [0.5, 0.6) is 0 Å². The van der Waals surface area contributed by atoms with Crippen molar-refractivity contribution in [3.05, 3.63) is 35.9 Å². The second-order valence-electron chi connectivity index (χ2n) is 9.67. The third-order valence-corrected chi connectivity index (χ3v) is 7.40. The second-order valence-corrected chi connectivity index (χ2v) is 9.67. The minimum Gasteiger partial charge on any atom is -0.352 e. The van der Waals surface area contributed by atoms with Crippen LogP contribution in [0.1, 0.15) is 45.1 Å². The fourth-order valence-corrected chi connectivity index (χ4v) is 4.95. The molecule has 2 saturated heterocycles. The number of carbonyl (C=O) groups excluding carboxylic acids is 2. The summed E-state index contributed by atoms with van der Waals surface area (Å²) in [5.41, 5.74) is 1.40. The normalized spacial score (nSPS) is 23.4. The van der Waals surface area contributed by atoms with E-state index in [0.29, 0.717) is 12.0 Å². The van der Waals surface area contributed by atoms with Crippen molar-refractivity contribution in [1.82, 2.24) is 20.0 Å². The Kier molecular flexibility index (Phi) is 7.28. The predicted molar refractivity (Wildman–Crippen MR) is 123 cm³/mol. The number of benzene rings is 1. The van der Waals surface area contributed by atoms with Gasteiger partial charge in [-0.1, -0.05) is 30.3 Å². The smallest absolute Gasteiger partial charge is 0.239 e. The third kappa shape index (κ3) is 5.86. The third-order valence-electron chi connectivity index (χ3n) is 7.40. The number of hydrogen-bond donors (Lipinski definition) is 1. The highest BCUT2D eigenvalue weighted by Crippen LogP contribution is 2.23. The fraction of sp³-hybridized carbons (Fsp3) is 0.680. The summed E-state index contributed by atoms with van der Waals surface area (Å²) in [6.07, 6.45) is 5.54. The van der Waals surface area contributed by atoms with E-state index in [-0.39, 0.29) is 23.9 Å². The van der Waals surface area contributed by atoms with Crippen molar-refractivity contribution in [2.75, 3.05) is 39.3 Å². The van der Waals surface area contributed by atoms with Crippen LogP contribution in [-0.4, -0.2) is 83.9 Å². The number of piperazine rings is 1. The molecule has 3 aliphatic rings. The molecule has 1 aromatic rings. The molecule has 0 radical (unpaired) electrons. The fourth-order valence-electron chi connectivity index (χ4n) is 4.95. The Hall–Kier alpha value is -1.92. The van der Waals surface area contributed by atoms with Gasteiger partial charge in [-0.05, 0) is 57.4 Å². The number of piperidine rings is 1. The van der Waals surface area contributed by atoms with Crippen LogP contribution < -0.4 is 5.32 Å². The highest BCUT2D eigenvalue weighted by Gasteiger charge is 2.34. The summed E-state index contributed by atoms with van der Waals surface area (Å²) in [5, 5.41) is 3.11. The van der Waals surface area contributed by atoms with Crippen molar-refractivity contribution < 1.29 is 9.59 Å². The van der Waals surface area contributed by atoms with Crippen LogP contribution in [0.25, 0.3) is 0 Å². The zero-order chi connectivity index (χ0) is 21.8. The second kappa shape index (κ2) is 10.1. The topological polar surface area (TPSA) is 55.9 Å². The largest absolute Gasteiger partial charge is 0.352 e. The van der Waals surface area contributed by atoms with Crippen molar-refractivity contribution in [2.45, 2.75) is 64.1 Å². The number of likely N-dealkylation sites (tertiary alicyclic amines) is 1. The quantitative estimate of drug-likeness (QED) is 0.726. The maximum atomic E-state index is 13.1. The van der Waals surface area contributed by atoms with Gasteiger partial charge in [0, 0.05) is 45.3 Å². The summed E-state index contributed by atoms with van der Waals surface area (Å²) in [4.78, 5) is 32.1. The number of nitrogens with one attached hydrogen (secondary N) is 1. The molecule has 31 heavy (non-hydrogen) atoms. The summed E-state index contributed by atoms with van der Waals surface area (Å²) in [5.74, 6) is 1.10. The number of amides is 2. The lowest BCUT2D eigenvalue weighted by Crippen LogP contribution is -2.58. The molecule has 0 spiro atoms. The van der Waals surface area contributed by atoms with Gasteiger partial charge in [0.05, 0.1) is 12.1 Å². The highest BCUT2D eigenvalue weighted by molar-refractivity contribution is 5.82. The Morgan fingerprint density at radius 3 is 2.03 bits per heavy atom. The summed E-state index contributed by atoms with van der Waals surface area (Å²) in [6, 6.07) is 10.9. The molecule has 0 aromatic heterocycles. The number of rotatable bonds is 7. The van der Waals surface area contributed by atoms with Gasteiger partial charge in [0.2, 0.25) is 11.8 Å². The molecule has 0 bridgehead atoms. The molecule has 1 aliphatic carbocycles. The molecule has 2 atom stereocenters. The van der Waals surface area contributed by atoms with Crippen LogP contribution in [0.15, 0.2) is 30.3 Å². The first kappa shape index (κ1) is 22.3. The molecule has 6 nitrogen and oxygen atoms in total. The SMILES string of the molecule is CC(C(=O)NC1CC1)N1CCN(C(C)C(=O)N2CCC(Cc3ccccc3)CC2)CC1. The monoisotopic (exact) mass is 426 g/mol. The van der Waals surface area contributed by atoms with Crippen LogP contribution in [0.2, 0.25) is 0 Å². The number of nitrogens with zero attached hydrogens (tertiary/aromatic N) is 3.